The molecule has 104 valence electrons. The predicted molar refractivity (Wildman–Crippen MR) is 67.4 cm³/mol. The first-order valence-corrected chi connectivity index (χ1v) is 5.71. The van der Waals surface area contributed by atoms with Gasteiger partial charge in [0.2, 0.25) is 5.88 Å². The first kappa shape index (κ1) is 14.9. The summed E-state index contributed by atoms with van der Waals surface area (Å²) in [6.45, 7) is 6.38. The lowest BCUT2D eigenvalue weighted by Gasteiger charge is -2.18. The zero-order valence-electron chi connectivity index (χ0n) is 11.0. The minimum Gasteiger partial charge on any atom is -0.477 e. The van der Waals surface area contributed by atoms with Gasteiger partial charge in [-0.2, -0.15) is 0 Å². The van der Waals surface area contributed by atoms with E-state index in [1.54, 1.807) is 0 Å². The summed E-state index contributed by atoms with van der Waals surface area (Å²) in [6.07, 6.45) is 1.70. The van der Waals surface area contributed by atoms with Crippen LogP contribution in [0.5, 0.6) is 5.88 Å². The van der Waals surface area contributed by atoms with E-state index >= 15 is 0 Å². The van der Waals surface area contributed by atoms with Gasteiger partial charge in [0.05, 0.1) is 11.5 Å². The Morgan fingerprint density at radius 2 is 2.16 bits per heavy atom. The van der Waals surface area contributed by atoms with Crippen molar-refractivity contribution in [3.05, 3.63) is 27.9 Å². The predicted octanol–water partition coefficient (Wildman–Crippen LogP) is 2.50. The molecule has 0 radical (unpaired) electrons. The van der Waals surface area contributed by atoms with E-state index in [1.165, 1.54) is 0 Å². The molecule has 0 aromatic carbocycles. The molecule has 0 aliphatic heterocycles. The minimum absolute atomic E-state index is 0.0458. The number of hydrogen-bond acceptors (Lipinski definition) is 5. The fraction of sp³-hybridized carbons (Fsp3) is 0.500. The van der Waals surface area contributed by atoms with E-state index < -0.39 is 10.9 Å². The van der Waals surface area contributed by atoms with Gasteiger partial charge in [0, 0.05) is 6.07 Å². The first-order valence-electron chi connectivity index (χ1n) is 5.71. The van der Waals surface area contributed by atoms with Crippen molar-refractivity contribution in [3.63, 3.8) is 0 Å². The van der Waals surface area contributed by atoms with E-state index in [-0.39, 0.29) is 22.5 Å². The zero-order chi connectivity index (χ0) is 14.6. The second kappa shape index (κ2) is 5.64. The van der Waals surface area contributed by atoms with Gasteiger partial charge in [-0.1, -0.05) is 20.8 Å². The summed E-state index contributed by atoms with van der Waals surface area (Å²) in [5.41, 5.74) is -0.631. The van der Waals surface area contributed by atoms with E-state index in [1.807, 2.05) is 20.8 Å². The molecule has 0 aliphatic rings. The van der Waals surface area contributed by atoms with Crippen molar-refractivity contribution in [3.8, 4) is 5.88 Å². The Bertz CT molecular complexity index is 493. The second-order valence-corrected chi connectivity index (χ2v) is 5.27. The fourth-order valence-corrected chi connectivity index (χ4v) is 1.26. The third-order valence-corrected chi connectivity index (χ3v) is 2.37. The van der Waals surface area contributed by atoms with Gasteiger partial charge in [0.1, 0.15) is 11.8 Å². The molecule has 0 atom stereocenters. The number of carboxylic acid groups (broad SMARTS) is 1. The first-order chi connectivity index (χ1) is 8.70. The molecule has 1 aromatic heterocycles. The van der Waals surface area contributed by atoms with Crippen LogP contribution in [0.1, 0.15) is 37.6 Å². The van der Waals surface area contributed by atoms with Crippen LogP contribution in [-0.4, -0.2) is 27.6 Å². The number of carboxylic acids is 1. The van der Waals surface area contributed by atoms with E-state index in [4.69, 9.17) is 9.84 Å². The minimum atomic E-state index is -1.30. The van der Waals surface area contributed by atoms with Gasteiger partial charge < -0.3 is 9.84 Å². The highest BCUT2D eigenvalue weighted by atomic mass is 16.6. The summed E-state index contributed by atoms with van der Waals surface area (Å²) in [6, 6.07) is 0.946. The van der Waals surface area contributed by atoms with Gasteiger partial charge in [-0.05, 0) is 11.8 Å². The van der Waals surface area contributed by atoms with Crippen LogP contribution in [0.3, 0.4) is 0 Å². The number of nitrogens with zero attached hydrogens (tertiary/aromatic N) is 2. The summed E-state index contributed by atoms with van der Waals surface area (Å²) in [4.78, 5) is 24.6. The Morgan fingerprint density at radius 3 is 2.63 bits per heavy atom. The molecule has 19 heavy (non-hydrogen) atoms. The van der Waals surface area contributed by atoms with Crippen LogP contribution in [0.4, 0.5) is 5.69 Å². The lowest BCUT2D eigenvalue weighted by Crippen LogP contribution is -2.13. The molecule has 1 aromatic rings. The van der Waals surface area contributed by atoms with Crippen LogP contribution in [0.2, 0.25) is 0 Å². The summed E-state index contributed by atoms with van der Waals surface area (Å²) >= 11 is 0. The number of rotatable bonds is 5. The van der Waals surface area contributed by atoms with Crippen LogP contribution in [0.25, 0.3) is 0 Å². The number of hydrogen-bond donors (Lipinski definition) is 1. The molecular formula is C12H16N2O5. The Kier molecular flexibility index (Phi) is 4.42. The van der Waals surface area contributed by atoms with Crippen LogP contribution < -0.4 is 4.74 Å². The maximum Gasteiger partial charge on any atom is 0.341 e. The molecule has 0 bridgehead atoms. The largest absolute Gasteiger partial charge is 0.477 e. The van der Waals surface area contributed by atoms with Gasteiger partial charge in [-0.25, -0.2) is 9.78 Å². The van der Waals surface area contributed by atoms with Crippen LogP contribution in [0.15, 0.2) is 12.3 Å². The van der Waals surface area contributed by atoms with E-state index in [2.05, 4.69) is 4.98 Å². The highest BCUT2D eigenvalue weighted by Crippen LogP contribution is 2.23. The molecule has 0 aliphatic carbocycles. The van der Waals surface area contributed by atoms with Gasteiger partial charge in [-0.15, -0.1) is 0 Å². The quantitative estimate of drug-likeness (QED) is 0.650. The summed E-state index contributed by atoms with van der Waals surface area (Å²) in [7, 11) is 0. The number of aromatic nitrogens is 1. The Labute approximate surface area is 110 Å². The molecule has 1 N–H and O–H groups in total. The Hall–Kier alpha value is -2.18. The monoisotopic (exact) mass is 268 g/mol. The molecule has 0 saturated carbocycles. The van der Waals surface area contributed by atoms with Crippen LogP contribution >= 0.6 is 0 Å². The van der Waals surface area contributed by atoms with Gasteiger partial charge in [-0.3, -0.25) is 10.1 Å². The number of ether oxygens (including phenoxy) is 1. The van der Waals surface area contributed by atoms with Gasteiger partial charge in [0.15, 0.2) is 0 Å². The standard InChI is InChI=1S/C12H16N2O5/c1-12(2,3)4-5-19-10-9(11(15)16)6-8(7-13-10)14(17)18/h6-7H,4-5H2,1-3H3,(H,15,16). The lowest BCUT2D eigenvalue weighted by molar-refractivity contribution is -0.385. The topological polar surface area (TPSA) is 103 Å². The molecule has 1 heterocycles. The number of nitro groups is 1. The number of pyridine rings is 1. The summed E-state index contributed by atoms with van der Waals surface area (Å²) in [5, 5.41) is 19.6. The van der Waals surface area contributed by atoms with E-state index in [9.17, 15) is 14.9 Å². The van der Waals surface area contributed by atoms with Crippen molar-refractivity contribution in [2.75, 3.05) is 6.61 Å². The van der Waals surface area contributed by atoms with Crippen molar-refractivity contribution >= 4 is 11.7 Å². The van der Waals surface area contributed by atoms with Crippen molar-refractivity contribution in [2.45, 2.75) is 27.2 Å². The summed E-state index contributed by atoms with van der Waals surface area (Å²) < 4.78 is 5.29. The van der Waals surface area contributed by atoms with Crippen molar-refractivity contribution in [1.82, 2.24) is 4.98 Å². The van der Waals surface area contributed by atoms with E-state index in [0.717, 1.165) is 12.3 Å². The lowest BCUT2D eigenvalue weighted by atomic mass is 9.93. The molecule has 1 rings (SSSR count). The Balaban J connectivity index is 2.89. The average Bonchev–Trinajstić information content (AvgIpc) is 2.27. The average molecular weight is 268 g/mol. The van der Waals surface area contributed by atoms with E-state index in [0.29, 0.717) is 13.0 Å². The smallest absolute Gasteiger partial charge is 0.341 e. The van der Waals surface area contributed by atoms with Crippen LogP contribution in [-0.2, 0) is 0 Å². The summed E-state index contributed by atoms with van der Waals surface area (Å²) in [5.74, 6) is -1.40. The maximum atomic E-state index is 11.0. The normalized spacial score (nSPS) is 11.1. The molecule has 0 unspecified atom stereocenters. The van der Waals surface area contributed by atoms with Crippen molar-refractivity contribution in [1.29, 1.82) is 0 Å². The molecule has 7 heteroatoms. The third kappa shape index (κ3) is 4.53. The zero-order valence-corrected chi connectivity index (χ0v) is 11.0. The molecule has 0 spiro atoms. The number of carbonyl (C=O) groups is 1. The SMILES string of the molecule is CC(C)(C)CCOc1ncc([N+](=O)[O-])cc1C(=O)O. The molecule has 0 saturated heterocycles. The van der Waals surface area contributed by atoms with Gasteiger partial charge >= 0.3 is 5.97 Å². The highest BCUT2D eigenvalue weighted by molar-refractivity contribution is 5.90. The number of aromatic carboxylic acids is 1. The molecule has 0 amide bonds. The van der Waals surface area contributed by atoms with Crippen molar-refractivity contribution < 1.29 is 19.6 Å². The maximum absolute atomic E-state index is 11.0. The Morgan fingerprint density at radius 1 is 1.53 bits per heavy atom. The van der Waals surface area contributed by atoms with Crippen LogP contribution in [0, 0.1) is 15.5 Å². The third-order valence-electron chi connectivity index (χ3n) is 2.37. The molecule has 0 fully saturated rings. The van der Waals surface area contributed by atoms with Gasteiger partial charge in [0.25, 0.3) is 5.69 Å². The molecule has 7 nitrogen and oxygen atoms in total. The van der Waals surface area contributed by atoms with Crippen molar-refractivity contribution in [2.24, 2.45) is 5.41 Å². The molecular weight excluding hydrogens is 252 g/mol. The highest BCUT2D eigenvalue weighted by Gasteiger charge is 2.19. The fourth-order valence-electron chi connectivity index (χ4n) is 1.26. The second-order valence-electron chi connectivity index (χ2n) is 5.27.